The molecule has 20 heavy (non-hydrogen) atoms. The van der Waals surface area contributed by atoms with Crippen LogP contribution < -0.4 is 5.32 Å². The Labute approximate surface area is 118 Å². The summed E-state index contributed by atoms with van der Waals surface area (Å²) in [5.74, 6) is -4.91. The van der Waals surface area contributed by atoms with Gasteiger partial charge < -0.3 is 10.4 Å². The second-order valence-electron chi connectivity index (χ2n) is 4.52. The fraction of sp³-hybridized carbons (Fsp3) is 0.385. The number of benzene rings is 1. The lowest BCUT2D eigenvalue weighted by molar-refractivity contribution is -0.151. The molecule has 2 rings (SSSR count). The Morgan fingerprint density at radius 1 is 1.20 bits per heavy atom. The fourth-order valence-electron chi connectivity index (χ4n) is 2.06. The summed E-state index contributed by atoms with van der Waals surface area (Å²) in [6.07, 6.45) is 1.07. The van der Waals surface area contributed by atoms with Gasteiger partial charge in [0.25, 0.3) is 5.76 Å². The first-order chi connectivity index (χ1) is 9.47. The number of anilines is 1. The maximum atomic E-state index is 12.1. The average Bonchev–Trinajstić information content (AvgIpc) is 2.28. The number of carbonyl (C=O) groups excluding carboxylic acids is 1. The van der Waals surface area contributed by atoms with Gasteiger partial charge in [0.1, 0.15) is 0 Å². The molecule has 2 unspecified atom stereocenters. The Kier molecular flexibility index (Phi) is 4.59. The Hall–Kier alpha value is -1.63. The Bertz CT molecular complexity index is 507. The highest BCUT2D eigenvalue weighted by atomic mass is 32.2. The smallest absolute Gasteiger partial charge is 0.307 e. The van der Waals surface area contributed by atoms with Crippen LogP contribution in [0.15, 0.2) is 29.2 Å². The molecule has 1 fully saturated rings. The molecule has 1 aliphatic carbocycles. The first-order valence-electron chi connectivity index (χ1n) is 6.06. The fourth-order valence-corrected chi connectivity index (χ4v) is 2.56. The number of carboxylic acids is 1. The van der Waals surface area contributed by atoms with Crippen molar-refractivity contribution in [3.8, 4) is 0 Å². The maximum Gasteiger partial charge on any atom is 0.307 e. The number of halogens is 2. The third kappa shape index (κ3) is 3.47. The van der Waals surface area contributed by atoms with Gasteiger partial charge in [-0.2, -0.15) is 8.78 Å². The number of aliphatic carboxylic acids is 1. The van der Waals surface area contributed by atoms with Crippen molar-refractivity contribution in [3.63, 3.8) is 0 Å². The number of carbonyl (C=O) groups is 2. The molecule has 1 aromatic rings. The summed E-state index contributed by atoms with van der Waals surface area (Å²) < 4.78 is 24.3. The van der Waals surface area contributed by atoms with E-state index in [1.54, 1.807) is 0 Å². The van der Waals surface area contributed by atoms with Crippen molar-refractivity contribution < 1.29 is 23.5 Å². The van der Waals surface area contributed by atoms with Crippen LogP contribution in [0.3, 0.4) is 0 Å². The molecule has 1 saturated carbocycles. The number of hydrogen-bond acceptors (Lipinski definition) is 3. The topological polar surface area (TPSA) is 66.4 Å². The highest BCUT2D eigenvalue weighted by molar-refractivity contribution is 7.99. The highest BCUT2D eigenvalue weighted by Gasteiger charge is 2.41. The lowest BCUT2D eigenvalue weighted by Gasteiger charge is -2.31. The average molecular weight is 301 g/mol. The van der Waals surface area contributed by atoms with Crippen LogP contribution >= 0.6 is 11.8 Å². The third-order valence-electron chi connectivity index (χ3n) is 3.28. The van der Waals surface area contributed by atoms with Gasteiger partial charge in [0.05, 0.1) is 11.8 Å². The van der Waals surface area contributed by atoms with E-state index in [0.717, 1.165) is 0 Å². The van der Waals surface area contributed by atoms with Crippen LogP contribution in [0.1, 0.15) is 12.8 Å². The molecule has 1 aromatic carbocycles. The van der Waals surface area contributed by atoms with E-state index in [1.807, 2.05) is 0 Å². The molecule has 2 N–H and O–H groups in total. The highest BCUT2D eigenvalue weighted by Crippen LogP contribution is 2.35. The number of thioether (sulfide) groups is 1. The largest absolute Gasteiger partial charge is 0.481 e. The van der Waals surface area contributed by atoms with E-state index in [4.69, 9.17) is 5.11 Å². The monoisotopic (exact) mass is 301 g/mol. The molecular weight excluding hydrogens is 288 g/mol. The van der Waals surface area contributed by atoms with E-state index in [0.29, 0.717) is 35.2 Å². The van der Waals surface area contributed by atoms with Crippen molar-refractivity contribution in [2.24, 2.45) is 11.8 Å². The number of alkyl halides is 2. The molecule has 0 saturated heterocycles. The van der Waals surface area contributed by atoms with Gasteiger partial charge in [-0.1, -0.05) is 11.8 Å². The standard InChI is InChI=1S/C13H13F2NO3S/c14-13(15)20-8-3-1-7(2-4-8)16-11(17)9-5-6-10(9)12(18)19/h1-4,9-10,13H,5-6H2,(H,16,17)(H,18,19). The molecule has 7 heteroatoms. The molecule has 0 aliphatic heterocycles. The molecule has 0 radical (unpaired) electrons. The molecule has 0 aromatic heterocycles. The van der Waals surface area contributed by atoms with Crippen LogP contribution in [0.2, 0.25) is 0 Å². The SMILES string of the molecule is O=C(O)C1CCC1C(=O)Nc1ccc(SC(F)F)cc1. The summed E-state index contributed by atoms with van der Waals surface area (Å²) in [5, 5.41) is 11.5. The van der Waals surface area contributed by atoms with Gasteiger partial charge in [0.15, 0.2) is 0 Å². The van der Waals surface area contributed by atoms with Crippen molar-refractivity contribution in [1.82, 2.24) is 0 Å². The second kappa shape index (κ2) is 6.21. The molecule has 1 aliphatic rings. The summed E-state index contributed by atoms with van der Waals surface area (Å²) in [4.78, 5) is 23.1. The zero-order valence-corrected chi connectivity index (χ0v) is 11.2. The normalized spacial score (nSPS) is 21.4. The van der Waals surface area contributed by atoms with E-state index >= 15 is 0 Å². The molecular formula is C13H13F2NO3S. The first-order valence-corrected chi connectivity index (χ1v) is 6.94. The Morgan fingerprint density at radius 3 is 2.25 bits per heavy atom. The van der Waals surface area contributed by atoms with E-state index in [9.17, 15) is 18.4 Å². The third-order valence-corrected chi connectivity index (χ3v) is 4.00. The maximum absolute atomic E-state index is 12.1. The molecule has 108 valence electrons. The van der Waals surface area contributed by atoms with Crippen LogP contribution in [-0.2, 0) is 9.59 Å². The number of rotatable bonds is 5. The van der Waals surface area contributed by atoms with Crippen LogP contribution in [0.5, 0.6) is 0 Å². The minimum absolute atomic E-state index is 0.335. The van der Waals surface area contributed by atoms with Gasteiger partial charge in [-0.15, -0.1) is 0 Å². The lowest BCUT2D eigenvalue weighted by Crippen LogP contribution is -2.41. The lowest BCUT2D eigenvalue weighted by atomic mass is 9.73. The summed E-state index contributed by atoms with van der Waals surface area (Å²) in [6.45, 7) is 0. The van der Waals surface area contributed by atoms with Gasteiger partial charge in [0.2, 0.25) is 5.91 Å². The summed E-state index contributed by atoms with van der Waals surface area (Å²) in [5.41, 5.74) is 0.477. The van der Waals surface area contributed by atoms with Gasteiger partial charge in [-0.25, -0.2) is 0 Å². The summed E-state index contributed by atoms with van der Waals surface area (Å²) in [6, 6.07) is 6.03. The van der Waals surface area contributed by atoms with E-state index in [2.05, 4.69) is 5.32 Å². The Balaban J connectivity index is 1.93. The number of carboxylic acid groups (broad SMARTS) is 1. The predicted octanol–water partition coefficient (Wildman–Crippen LogP) is 3.05. The number of amides is 1. The number of hydrogen-bond donors (Lipinski definition) is 2. The minimum Gasteiger partial charge on any atom is -0.481 e. The van der Waals surface area contributed by atoms with Gasteiger partial charge in [0, 0.05) is 10.6 Å². The van der Waals surface area contributed by atoms with Crippen molar-refractivity contribution in [2.45, 2.75) is 23.5 Å². The zero-order chi connectivity index (χ0) is 14.7. The van der Waals surface area contributed by atoms with Crippen molar-refractivity contribution in [1.29, 1.82) is 0 Å². The molecule has 0 spiro atoms. The van der Waals surface area contributed by atoms with Crippen LogP contribution in [-0.4, -0.2) is 22.7 Å². The summed E-state index contributed by atoms with van der Waals surface area (Å²) in [7, 11) is 0. The Morgan fingerprint density at radius 2 is 1.80 bits per heavy atom. The zero-order valence-electron chi connectivity index (χ0n) is 10.4. The van der Waals surface area contributed by atoms with Crippen LogP contribution in [0, 0.1) is 11.8 Å². The molecule has 4 nitrogen and oxygen atoms in total. The van der Waals surface area contributed by atoms with E-state index in [-0.39, 0.29) is 5.91 Å². The predicted molar refractivity (Wildman–Crippen MR) is 70.8 cm³/mol. The van der Waals surface area contributed by atoms with Gasteiger partial charge in [-0.05, 0) is 37.1 Å². The van der Waals surface area contributed by atoms with Gasteiger partial charge >= 0.3 is 5.97 Å². The first kappa shape index (κ1) is 14.8. The molecule has 1 amide bonds. The van der Waals surface area contributed by atoms with E-state index < -0.39 is 23.6 Å². The minimum atomic E-state index is -2.48. The van der Waals surface area contributed by atoms with Crippen molar-refractivity contribution in [3.05, 3.63) is 24.3 Å². The van der Waals surface area contributed by atoms with Crippen molar-refractivity contribution in [2.75, 3.05) is 5.32 Å². The molecule has 2 atom stereocenters. The second-order valence-corrected chi connectivity index (χ2v) is 5.58. The van der Waals surface area contributed by atoms with E-state index in [1.165, 1.54) is 24.3 Å². The van der Waals surface area contributed by atoms with Crippen LogP contribution in [0.25, 0.3) is 0 Å². The number of nitrogens with one attached hydrogen (secondary N) is 1. The molecule has 0 bridgehead atoms. The van der Waals surface area contributed by atoms with Gasteiger partial charge in [-0.3, -0.25) is 9.59 Å². The van der Waals surface area contributed by atoms with Crippen LogP contribution in [0.4, 0.5) is 14.5 Å². The molecule has 0 heterocycles. The van der Waals surface area contributed by atoms with Crippen molar-refractivity contribution >= 4 is 29.3 Å². The summed E-state index contributed by atoms with van der Waals surface area (Å²) >= 11 is 0.429. The quantitative estimate of drug-likeness (QED) is 0.820.